The quantitative estimate of drug-likeness (QED) is 0.640. The monoisotopic (exact) mass is 390 g/mol. The number of likely N-dealkylation sites (tertiary alicyclic amines) is 1. The highest BCUT2D eigenvalue weighted by molar-refractivity contribution is 5.85. The average molecular weight is 390 g/mol. The molecule has 154 valence electrons. The second-order valence-corrected chi connectivity index (χ2v) is 7.11. The number of piperidine rings is 1. The van der Waals surface area contributed by atoms with E-state index in [0.717, 1.165) is 18.6 Å². The van der Waals surface area contributed by atoms with Crippen LogP contribution in [0, 0.1) is 5.92 Å². The minimum atomic E-state index is -0.993. The Morgan fingerprint density at radius 3 is 2.50 bits per heavy atom. The summed E-state index contributed by atoms with van der Waals surface area (Å²) in [7, 11) is 0. The average Bonchev–Trinajstić information content (AvgIpc) is 2.71. The van der Waals surface area contributed by atoms with Crippen LogP contribution in [0.3, 0.4) is 0 Å². The van der Waals surface area contributed by atoms with Crippen molar-refractivity contribution in [3.8, 4) is 5.75 Å². The van der Waals surface area contributed by atoms with E-state index in [4.69, 9.17) is 4.74 Å². The maximum atomic E-state index is 12.4. The van der Waals surface area contributed by atoms with Gasteiger partial charge in [0.15, 0.2) is 0 Å². The molecule has 1 atom stereocenters. The molecule has 2 rings (SSSR count). The highest BCUT2D eigenvalue weighted by Gasteiger charge is 2.29. The van der Waals surface area contributed by atoms with Crippen molar-refractivity contribution in [3.63, 3.8) is 0 Å². The fraction of sp³-hybridized carbons (Fsp3) is 0.571. The lowest BCUT2D eigenvalue weighted by molar-refractivity contribution is -0.143. The zero-order chi connectivity index (χ0) is 20.4. The number of unbranched alkanes of at least 4 members (excludes halogenated alkanes) is 1. The Morgan fingerprint density at radius 2 is 1.89 bits per heavy atom. The van der Waals surface area contributed by atoms with E-state index in [-0.39, 0.29) is 17.7 Å². The first kappa shape index (κ1) is 21.7. The molecule has 1 saturated heterocycles. The van der Waals surface area contributed by atoms with E-state index in [9.17, 15) is 19.5 Å². The predicted molar refractivity (Wildman–Crippen MR) is 105 cm³/mol. The van der Waals surface area contributed by atoms with Gasteiger partial charge in [0.05, 0.1) is 13.0 Å². The van der Waals surface area contributed by atoms with Crippen LogP contribution >= 0.6 is 0 Å². The fourth-order valence-electron chi connectivity index (χ4n) is 3.28. The number of hydrogen-bond acceptors (Lipinski definition) is 4. The summed E-state index contributed by atoms with van der Waals surface area (Å²) in [6.07, 6.45) is 3.48. The van der Waals surface area contributed by atoms with Crippen LogP contribution in [0.15, 0.2) is 30.3 Å². The normalized spacial score (nSPS) is 15.7. The molecule has 1 aromatic rings. The molecule has 1 aliphatic heterocycles. The molecule has 2 amide bonds. The molecule has 1 heterocycles. The number of carbonyl (C=O) groups excluding carboxylic acids is 2. The number of para-hydroxylation sites is 1. The second kappa shape index (κ2) is 11.3. The molecule has 1 unspecified atom stereocenters. The van der Waals surface area contributed by atoms with Gasteiger partial charge < -0.3 is 20.1 Å². The van der Waals surface area contributed by atoms with Crippen LogP contribution in [0.4, 0.5) is 0 Å². The molecule has 0 saturated carbocycles. The van der Waals surface area contributed by atoms with Crippen molar-refractivity contribution in [2.75, 3.05) is 19.7 Å². The number of nitrogens with one attached hydrogen (secondary N) is 1. The van der Waals surface area contributed by atoms with Crippen molar-refractivity contribution in [1.29, 1.82) is 0 Å². The smallest absolute Gasteiger partial charge is 0.326 e. The molecule has 1 aliphatic rings. The van der Waals surface area contributed by atoms with Crippen molar-refractivity contribution in [1.82, 2.24) is 10.2 Å². The summed E-state index contributed by atoms with van der Waals surface area (Å²) in [5.41, 5.74) is 0. The summed E-state index contributed by atoms with van der Waals surface area (Å²) in [4.78, 5) is 37.7. The molecule has 0 radical (unpaired) electrons. The van der Waals surface area contributed by atoms with Gasteiger partial charge in [-0.25, -0.2) is 4.79 Å². The van der Waals surface area contributed by atoms with Gasteiger partial charge >= 0.3 is 5.97 Å². The maximum absolute atomic E-state index is 12.4. The van der Waals surface area contributed by atoms with Gasteiger partial charge in [-0.3, -0.25) is 9.59 Å². The number of amides is 2. The number of nitrogens with zero attached hydrogens (tertiary/aromatic N) is 1. The van der Waals surface area contributed by atoms with E-state index in [1.54, 1.807) is 4.90 Å². The van der Waals surface area contributed by atoms with E-state index >= 15 is 0 Å². The topological polar surface area (TPSA) is 95.9 Å². The van der Waals surface area contributed by atoms with Crippen molar-refractivity contribution in [2.24, 2.45) is 5.92 Å². The summed E-state index contributed by atoms with van der Waals surface area (Å²) in [6.45, 7) is 3.32. The van der Waals surface area contributed by atoms with Gasteiger partial charge in [0.2, 0.25) is 11.8 Å². The van der Waals surface area contributed by atoms with Crippen LogP contribution < -0.4 is 10.1 Å². The third kappa shape index (κ3) is 6.87. The molecule has 28 heavy (non-hydrogen) atoms. The lowest BCUT2D eigenvalue weighted by atomic mass is 9.95. The van der Waals surface area contributed by atoms with Crippen LogP contribution in [0.5, 0.6) is 5.75 Å². The molecule has 2 N–H and O–H groups in total. The van der Waals surface area contributed by atoms with Gasteiger partial charge in [0.1, 0.15) is 11.8 Å². The predicted octanol–water partition coefficient (Wildman–Crippen LogP) is 2.45. The number of carbonyl (C=O) groups is 3. The minimum absolute atomic E-state index is 0.0150. The van der Waals surface area contributed by atoms with Crippen LogP contribution in [-0.4, -0.2) is 53.5 Å². The number of aliphatic carboxylic acids is 1. The standard InChI is InChI=1S/C21H30N2O5/c1-2-3-9-18(21(26)27)22-20(25)16-10-13-23(14-11-16)19(24)12-15-28-17-7-5-4-6-8-17/h4-8,16,18H,2-3,9-15H2,1H3,(H,22,25)(H,26,27). The molecule has 0 aromatic heterocycles. The van der Waals surface area contributed by atoms with Crippen molar-refractivity contribution in [3.05, 3.63) is 30.3 Å². The number of hydrogen-bond donors (Lipinski definition) is 2. The van der Waals surface area contributed by atoms with Crippen molar-refractivity contribution >= 4 is 17.8 Å². The van der Waals surface area contributed by atoms with Gasteiger partial charge in [-0.15, -0.1) is 0 Å². The van der Waals surface area contributed by atoms with Crippen molar-refractivity contribution in [2.45, 2.75) is 51.5 Å². The number of rotatable bonds is 10. The molecule has 0 bridgehead atoms. The molecule has 0 aliphatic carbocycles. The number of carboxylic acid groups (broad SMARTS) is 1. The number of ether oxygens (including phenoxy) is 1. The molecule has 7 heteroatoms. The van der Waals surface area contributed by atoms with E-state index < -0.39 is 12.0 Å². The Kier molecular flexibility index (Phi) is 8.78. The van der Waals surface area contributed by atoms with Crippen LogP contribution in [0.2, 0.25) is 0 Å². The third-order valence-corrected chi connectivity index (χ3v) is 5.01. The lowest BCUT2D eigenvalue weighted by Gasteiger charge is -2.32. The zero-order valence-corrected chi connectivity index (χ0v) is 16.4. The van der Waals surface area contributed by atoms with Gasteiger partial charge in [0, 0.05) is 19.0 Å². The molecular formula is C21H30N2O5. The highest BCUT2D eigenvalue weighted by Crippen LogP contribution is 2.19. The molecule has 1 fully saturated rings. The Hall–Kier alpha value is -2.57. The van der Waals surface area contributed by atoms with E-state index in [1.165, 1.54) is 0 Å². The summed E-state index contributed by atoms with van der Waals surface area (Å²) < 4.78 is 5.56. The molecule has 0 spiro atoms. The fourth-order valence-corrected chi connectivity index (χ4v) is 3.28. The van der Waals surface area contributed by atoms with E-state index in [2.05, 4.69) is 5.32 Å². The Balaban J connectivity index is 1.71. The minimum Gasteiger partial charge on any atom is -0.493 e. The van der Waals surface area contributed by atoms with Gasteiger partial charge in [-0.05, 0) is 31.4 Å². The number of benzene rings is 1. The van der Waals surface area contributed by atoms with Gasteiger partial charge in [0.25, 0.3) is 0 Å². The van der Waals surface area contributed by atoms with Crippen molar-refractivity contribution < 1.29 is 24.2 Å². The first-order valence-electron chi connectivity index (χ1n) is 10.00. The number of carboxylic acids is 1. The summed E-state index contributed by atoms with van der Waals surface area (Å²) >= 11 is 0. The molecule has 7 nitrogen and oxygen atoms in total. The summed E-state index contributed by atoms with van der Waals surface area (Å²) in [6, 6.07) is 8.52. The third-order valence-electron chi connectivity index (χ3n) is 5.01. The maximum Gasteiger partial charge on any atom is 0.326 e. The van der Waals surface area contributed by atoms with Crippen LogP contribution in [0.25, 0.3) is 0 Å². The lowest BCUT2D eigenvalue weighted by Crippen LogP contribution is -2.47. The van der Waals surface area contributed by atoms with E-state index in [0.29, 0.717) is 45.4 Å². The summed E-state index contributed by atoms with van der Waals surface area (Å²) in [5, 5.41) is 11.9. The van der Waals surface area contributed by atoms with Crippen LogP contribution in [0.1, 0.15) is 45.4 Å². The second-order valence-electron chi connectivity index (χ2n) is 7.11. The first-order chi connectivity index (χ1) is 13.5. The summed E-state index contributed by atoms with van der Waals surface area (Å²) in [5.74, 6) is -0.702. The molecular weight excluding hydrogens is 360 g/mol. The largest absolute Gasteiger partial charge is 0.493 e. The Morgan fingerprint density at radius 1 is 1.21 bits per heavy atom. The van der Waals surface area contributed by atoms with E-state index in [1.807, 2.05) is 37.3 Å². The van der Waals surface area contributed by atoms with Gasteiger partial charge in [-0.1, -0.05) is 38.0 Å². The van der Waals surface area contributed by atoms with Crippen LogP contribution in [-0.2, 0) is 14.4 Å². The SMILES string of the molecule is CCCCC(NC(=O)C1CCN(C(=O)CCOc2ccccc2)CC1)C(=O)O. The molecule has 1 aromatic carbocycles. The zero-order valence-electron chi connectivity index (χ0n) is 16.4. The highest BCUT2D eigenvalue weighted by atomic mass is 16.5. The Bertz CT molecular complexity index is 641. The Labute approximate surface area is 166 Å². The van der Waals surface area contributed by atoms with Gasteiger partial charge in [-0.2, -0.15) is 0 Å². The first-order valence-corrected chi connectivity index (χ1v) is 10.00.